The van der Waals surface area contributed by atoms with Crippen molar-refractivity contribution in [3.8, 4) is 11.3 Å². The van der Waals surface area contributed by atoms with Gasteiger partial charge in [0.15, 0.2) is 0 Å². The highest BCUT2D eigenvalue weighted by atomic mass is 32.1. The van der Waals surface area contributed by atoms with E-state index in [-0.39, 0.29) is 0 Å². The van der Waals surface area contributed by atoms with Gasteiger partial charge in [-0.1, -0.05) is 0 Å². The molecule has 0 atom stereocenters. The summed E-state index contributed by atoms with van der Waals surface area (Å²) < 4.78 is 5.35. The molecule has 0 unspecified atom stereocenters. The zero-order valence-corrected chi connectivity index (χ0v) is 10.9. The highest BCUT2D eigenvalue weighted by Crippen LogP contribution is 2.22. The fourth-order valence-electron chi connectivity index (χ4n) is 1.99. The maximum Gasteiger partial charge on any atom is 0.107 e. The molecule has 3 rings (SSSR count). The van der Waals surface area contributed by atoms with E-state index in [0.717, 1.165) is 44.1 Å². The van der Waals surface area contributed by atoms with Crippen LogP contribution in [0.5, 0.6) is 0 Å². The molecule has 0 amide bonds. The van der Waals surface area contributed by atoms with Crippen LogP contribution in [0.15, 0.2) is 29.9 Å². The lowest BCUT2D eigenvalue weighted by molar-refractivity contribution is 0.0342. The zero-order valence-electron chi connectivity index (χ0n) is 10.1. The van der Waals surface area contributed by atoms with Crippen LogP contribution < -0.4 is 0 Å². The van der Waals surface area contributed by atoms with E-state index in [2.05, 4.69) is 20.2 Å². The van der Waals surface area contributed by atoms with Gasteiger partial charge in [-0.05, 0) is 12.1 Å². The SMILES string of the molecule is c1cc(-c2csc(CN3CCOCC3)n2)ccn1. The van der Waals surface area contributed by atoms with Crippen molar-refractivity contribution in [2.24, 2.45) is 0 Å². The predicted octanol–water partition coefficient (Wildman–Crippen LogP) is 2.04. The average molecular weight is 261 g/mol. The van der Waals surface area contributed by atoms with Crippen LogP contribution in [0.25, 0.3) is 11.3 Å². The van der Waals surface area contributed by atoms with Gasteiger partial charge in [0.25, 0.3) is 0 Å². The Morgan fingerprint density at radius 2 is 2.00 bits per heavy atom. The summed E-state index contributed by atoms with van der Waals surface area (Å²) in [6.45, 7) is 4.61. The maximum absolute atomic E-state index is 5.35. The second kappa shape index (κ2) is 5.56. The van der Waals surface area contributed by atoms with Gasteiger partial charge >= 0.3 is 0 Å². The molecule has 0 saturated carbocycles. The van der Waals surface area contributed by atoms with Crippen molar-refractivity contribution in [1.29, 1.82) is 0 Å². The molecule has 2 aromatic heterocycles. The van der Waals surface area contributed by atoms with Crippen LogP contribution in [-0.2, 0) is 11.3 Å². The molecule has 18 heavy (non-hydrogen) atoms. The number of hydrogen-bond donors (Lipinski definition) is 0. The van der Waals surface area contributed by atoms with Crippen molar-refractivity contribution in [2.45, 2.75) is 6.54 Å². The zero-order chi connectivity index (χ0) is 12.2. The topological polar surface area (TPSA) is 38.2 Å². The van der Waals surface area contributed by atoms with E-state index in [1.165, 1.54) is 5.01 Å². The molecule has 0 bridgehead atoms. The fourth-order valence-corrected chi connectivity index (χ4v) is 2.83. The number of pyridine rings is 1. The van der Waals surface area contributed by atoms with Crippen molar-refractivity contribution in [3.63, 3.8) is 0 Å². The smallest absolute Gasteiger partial charge is 0.107 e. The van der Waals surface area contributed by atoms with Crippen molar-refractivity contribution in [1.82, 2.24) is 14.9 Å². The Balaban J connectivity index is 1.69. The van der Waals surface area contributed by atoms with Gasteiger partial charge in [0.2, 0.25) is 0 Å². The first-order valence-electron chi connectivity index (χ1n) is 6.07. The molecule has 5 heteroatoms. The van der Waals surface area contributed by atoms with E-state index in [0.29, 0.717) is 0 Å². The number of nitrogens with zero attached hydrogens (tertiary/aromatic N) is 3. The first kappa shape index (κ1) is 11.8. The summed E-state index contributed by atoms with van der Waals surface area (Å²) in [6.07, 6.45) is 3.60. The molecule has 1 saturated heterocycles. The second-order valence-electron chi connectivity index (χ2n) is 4.25. The minimum atomic E-state index is 0.836. The highest BCUT2D eigenvalue weighted by Gasteiger charge is 2.13. The van der Waals surface area contributed by atoms with Crippen LogP contribution in [0.3, 0.4) is 0 Å². The van der Waals surface area contributed by atoms with E-state index in [9.17, 15) is 0 Å². The van der Waals surface area contributed by atoms with Crippen LogP contribution in [0.4, 0.5) is 0 Å². The fraction of sp³-hybridized carbons (Fsp3) is 0.385. The van der Waals surface area contributed by atoms with Crippen LogP contribution in [0.1, 0.15) is 5.01 Å². The molecular formula is C13H15N3OS. The van der Waals surface area contributed by atoms with E-state index in [4.69, 9.17) is 4.74 Å². The lowest BCUT2D eigenvalue weighted by atomic mass is 10.2. The van der Waals surface area contributed by atoms with E-state index in [1.54, 1.807) is 23.7 Å². The Hall–Kier alpha value is -1.30. The highest BCUT2D eigenvalue weighted by molar-refractivity contribution is 7.09. The number of morpholine rings is 1. The van der Waals surface area contributed by atoms with Crippen LogP contribution in [-0.4, -0.2) is 41.2 Å². The third kappa shape index (κ3) is 2.75. The summed E-state index contributed by atoms with van der Waals surface area (Å²) in [7, 11) is 0. The molecule has 3 heterocycles. The first-order valence-corrected chi connectivity index (χ1v) is 6.95. The molecule has 2 aromatic rings. The first-order chi connectivity index (χ1) is 8.92. The molecule has 1 aliphatic rings. The Labute approximate surface area is 110 Å². The molecule has 0 radical (unpaired) electrons. The minimum Gasteiger partial charge on any atom is -0.379 e. The Morgan fingerprint density at radius 3 is 2.78 bits per heavy atom. The van der Waals surface area contributed by atoms with E-state index < -0.39 is 0 Å². The number of aromatic nitrogens is 2. The monoisotopic (exact) mass is 261 g/mol. The standard InChI is InChI=1S/C13H15N3OS/c1-3-14-4-2-11(1)12-10-18-13(15-12)9-16-5-7-17-8-6-16/h1-4,10H,5-9H2. The molecule has 0 spiro atoms. The van der Waals surface area contributed by atoms with E-state index >= 15 is 0 Å². The van der Waals surface area contributed by atoms with E-state index in [1.807, 2.05) is 12.1 Å². The van der Waals surface area contributed by atoms with Gasteiger partial charge in [-0.3, -0.25) is 9.88 Å². The van der Waals surface area contributed by atoms with Gasteiger partial charge in [-0.15, -0.1) is 11.3 Å². The molecule has 0 aliphatic carbocycles. The van der Waals surface area contributed by atoms with Gasteiger partial charge in [0, 0.05) is 36.4 Å². The Kier molecular flexibility index (Phi) is 3.64. The maximum atomic E-state index is 5.35. The predicted molar refractivity (Wildman–Crippen MR) is 71.4 cm³/mol. The number of rotatable bonds is 3. The molecular weight excluding hydrogens is 246 g/mol. The van der Waals surface area contributed by atoms with Crippen molar-refractivity contribution in [3.05, 3.63) is 34.9 Å². The molecule has 94 valence electrons. The molecule has 0 N–H and O–H groups in total. The normalized spacial score (nSPS) is 16.9. The molecule has 0 aromatic carbocycles. The van der Waals surface area contributed by atoms with Crippen LogP contribution in [0, 0.1) is 0 Å². The molecule has 1 fully saturated rings. The Morgan fingerprint density at radius 1 is 1.22 bits per heavy atom. The average Bonchev–Trinajstić information content (AvgIpc) is 2.89. The summed E-state index contributed by atoms with van der Waals surface area (Å²) in [5, 5.41) is 3.29. The van der Waals surface area contributed by atoms with Crippen LogP contribution >= 0.6 is 11.3 Å². The largest absolute Gasteiger partial charge is 0.379 e. The van der Waals surface area contributed by atoms with Gasteiger partial charge in [0.05, 0.1) is 25.5 Å². The van der Waals surface area contributed by atoms with Crippen molar-refractivity contribution < 1.29 is 4.74 Å². The minimum absolute atomic E-state index is 0.836. The van der Waals surface area contributed by atoms with Gasteiger partial charge < -0.3 is 4.74 Å². The van der Waals surface area contributed by atoms with Crippen molar-refractivity contribution >= 4 is 11.3 Å². The van der Waals surface area contributed by atoms with Crippen LogP contribution in [0.2, 0.25) is 0 Å². The van der Waals surface area contributed by atoms with Gasteiger partial charge in [0.1, 0.15) is 5.01 Å². The number of thiazole rings is 1. The summed E-state index contributed by atoms with van der Waals surface area (Å²) in [4.78, 5) is 11.1. The summed E-state index contributed by atoms with van der Waals surface area (Å²) in [5.41, 5.74) is 2.18. The van der Waals surface area contributed by atoms with Gasteiger partial charge in [-0.2, -0.15) is 0 Å². The molecule has 1 aliphatic heterocycles. The number of hydrogen-bond acceptors (Lipinski definition) is 5. The lowest BCUT2D eigenvalue weighted by Crippen LogP contribution is -2.35. The third-order valence-electron chi connectivity index (χ3n) is 2.99. The lowest BCUT2D eigenvalue weighted by Gasteiger charge is -2.25. The quantitative estimate of drug-likeness (QED) is 0.847. The third-order valence-corrected chi connectivity index (χ3v) is 3.82. The number of ether oxygens (including phenoxy) is 1. The van der Waals surface area contributed by atoms with Gasteiger partial charge in [-0.25, -0.2) is 4.98 Å². The second-order valence-corrected chi connectivity index (χ2v) is 5.19. The summed E-state index contributed by atoms with van der Waals surface area (Å²) in [5.74, 6) is 0. The molecule has 4 nitrogen and oxygen atoms in total. The summed E-state index contributed by atoms with van der Waals surface area (Å²) in [6, 6.07) is 3.99. The van der Waals surface area contributed by atoms with Crippen molar-refractivity contribution in [2.75, 3.05) is 26.3 Å². The summed E-state index contributed by atoms with van der Waals surface area (Å²) >= 11 is 1.72. The Bertz CT molecular complexity index is 494.